The average molecular weight is 504 g/mol. The third-order valence-electron chi connectivity index (χ3n) is 6.12. The van der Waals surface area contributed by atoms with Crippen molar-refractivity contribution in [3.05, 3.63) is 59.9 Å². The molecule has 1 unspecified atom stereocenters. The molecule has 2 aliphatic rings. The number of hydrogen-bond donors (Lipinski definition) is 5. The summed E-state index contributed by atoms with van der Waals surface area (Å²) in [7, 11) is 0. The van der Waals surface area contributed by atoms with E-state index >= 15 is 0 Å². The molecular formula is C26H29N7O4. The number of hydrogen-bond acceptors (Lipinski definition) is 8. The molecule has 0 saturated carbocycles. The summed E-state index contributed by atoms with van der Waals surface area (Å²) in [4.78, 5) is 33.9. The van der Waals surface area contributed by atoms with Gasteiger partial charge < -0.3 is 36.5 Å². The molecule has 3 aromatic rings. The fraction of sp³-hybridized carbons (Fsp3) is 0.308. The summed E-state index contributed by atoms with van der Waals surface area (Å²) in [5.74, 6) is 1.00. The molecule has 0 spiro atoms. The zero-order chi connectivity index (χ0) is 25.6. The van der Waals surface area contributed by atoms with Crippen LogP contribution in [-0.2, 0) is 6.54 Å². The first kappa shape index (κ1) is 24.3. The van der Waals surface area contributed by atoms with Crippen LogP contribution in [0.3, 0.4) is 0 Å². The van der Waals surface area contributed by atoms with Gasteiger partial charge in [-0.1, -0.05) is 18.2 Å². The fourth-order valence-electron chi connectivity index (χ4n) is 4.25. The minimum atomic E-state index is -0.356. The van der Waals surface area contributed by atoms with Gasteiger partial charge in [0.25, 0.3) is 5.91 Å². The minimum Gasteiger partial charge on any atom is -0.486 e. The van der Waals surface area contributed by atoms with Gasteiger partial charge in [-0.2, -0.15) is 0 Å². The zero-order valence-corrected chi connectivity index (χ0v) is 20.3. The molecule has 1 atom stereocenters. The van der Waals surface area contributed by atoms with E-state index in [1.165, 1.54) is 6.20 Å². The van der Waals surface area contributed by atoms with Gasteiger partial charge >= 0.3 is 6.03 Å². The number of benzene rings is 2. The Kier molecular flexibility index (Phi) is 7.31. The van der Waals surface area contributed by atoms with Crippen molar-refractivity contribution < 1.29 is 19.1 Å². The molecule has 11 nitrogen and oxygen atoms in total. The van der Waals surface area contributed by atoms with Crippen LogP contribution in [0.2, 0.25) is 0 Å². The van der Waals surface area contributed by atoms with Crippen molar-refractivity contribution in [3.8, 4) is 22.8 Å². The van der Waals surface area contributed by atoms with Gasteiger partial charge in [-0.3, -0.25) is 4.79 Å². The molecule has 0 bridgehead atoms. The topological polar surface area (TPSA) is 153 Å². The van der Waals surface area contributed by atoms with Gasteiger partial charge in [0.05, 0.1) is 11.9 Å². The fourth-order valence-corrected chi connectivity index (χ4v) is 4.25. The maximum absolute atomic E-state index is 12.8. The second-order valence-corrected chi connectivity index (χ2v) is 8.87. The lowest BCUT2D eigenvalue weighted by Crippen LogP contribution is -2.46. The number of nitrogens with zero attached hydrogens (tertiary/aromatic N) is 2. The molecule has 1 aromatic heterocycles. The minimum absolute atomic E-state index is 0.0359. The normalized spacial score (nSPS) is 16.5. The van der Waals surface area contributed by atoms with Crippen molar-refractivity contribution in [1.82, 2.24) is 25.9 Å². The first-order valence-corrected chi connectivity index (χ1v) is 12.2. The number of ether oxygens (including phenoxy) is 2. The summed E-state index contributed by atoms with van der Waals surface area (Å²) in [6, 6.07) is 12.4. The monoisotopic (exact) mass is 503 g/mol. The predicted molar refractivity (Wildman–Crippen MR) is 139 cm³/mol. The molecule has 0 radical (unpaired) electrons. The quantitative estimate of drug-likeness (QED) is 0.344. The van der Waals surface area contributed by atoms with Gasteiger partial charge in [-0.15, -0.1) is 0 Å². The van der Waals surface area contributed by atoms with Crippen LogP contribution in [0.1, 0.15) is 28.9 Å². The first-order valence-electron chi connectivity index (χ1n) is 12.2. The number of nitrogen functional groups attached to an aromatic ring is 1. The number of carbonyl (C=O) groups excluding carboxylic acids is 2. The van der Waals surface area contributed by atoms with Crippen molar-refractivity contribution in [2.75, 3.05) is 37.4 Å². The van der Waals surface area contributed by atoms with Gasteiger partial charge in [0.1, 0.15) is 13.2 Å². The number of aromatic nitrogens is 2. The van der Waals surface area contributed by atoms with Crippen molar-refractivity contribution in [1.29, 1.82) is 0 Å². The second-order valence-electron chi connectivity index (χ2n) is 8.87. The van der Waals surface area contributed by atoms with Crippen molar-refractivity contribution in [2.45, 2.75) is 25.4 Å². The summed E-state index contributed by atoms with van der Waals surface area (Å²) in [5, 5.41) is 11.9. The van der Waals surface area contributed by atoms with Crippen LogP contribution in [0.25, 0.3) is 11.3 Å². The number of urea groups is 1. The molecule has 2 aromatic carbocycles. The third-order valence-corrected chi connectivity index (χ3v) is 6.12. The van der Waals surface area contributed by atoms with Crippen LogP contribution in [-0.4, -0.2) is 54.3 Å². The zero-order valence-electron chi connectivity index (χ0n) is 20.3. The molecule has 1 fully saturated rings. The predicted octanol–water partition coefficient (Wildman–Crippen LogP) is 2.30. The lowest BCUT2D eigenvalue weighted by atomic mass is 10.1. The summed E-state index contributed by atoms with van der Waals surface area (Å²) in [5.41, 5.74) is 8.80. The highest BCUT2D eigenvalue weighted by Gasteiger charge is 2.20. The van der Waals surface area contributed by atoms with Crippen LogP contribution >= 0.6 is 0 Å². The number of carbonyl (C=O) groups is 2. The van der Waals surface area contributed by atoms with Crippen molar-refractivity contribution in [3.63, 3.8) is 0 Å². The average Bonchev–Trinajstić information content (AvgIpc) is 2.93. The van der Waals surface area contributed by atoms with Gasteiger partial charge in [0.2, 0.25) is 0 Å². The SMILES string of the molecule is Nc1ncc(-c2cccc(CNC(=O)Nc3ccc4c(c3)OCCO4)c2)nc1C(=O)NC1CCCNC1. The Balaban J connectivity index is 1.22. The van der Waals surface area contributed by atoms with E-state index in [-0.39, 0.29) is 36.0 Å². The van der Waals surface area contributed by atoms with E-state index in [2.05, 4.69) is 31.2 Å². The molecule has 6 N–H and O–H groups in total. The Morgan fingerprint density at radius 3 is 2.81 bits per heavy atom. The Hall–Kier alpha value is -4.38. The highest BCUT2D eigenvalue weighted by molar-refractivity contribution is 5.97. The number of fused-ring (bicyclic) bond motifs is 1. The number of amides is 3. The first-order chi connectivity index (χ1) is 18.0. The van der Waals surface area contributed by atoms with Gasteiger partial charge in [0, 0.05) is 36.4 Å². The number of rotatable bonds is 6. The van der Waals surface area contributed by atoms with E-state index in [9.17, 15) is 9.59 Å². The molecule has 5 rings (SSSR count). The van der Waals surface area contributed by atoms with E-state index in [1.807, 2.05) is 24.3 Å². The molecule has 3 amide bonds. The van der Waals surface area contributed by atoms with Gasteiger partial charge in [-0.25, -0.2) is 14.8 Å². The molecule has 2 aliphatic heterocycles. The molecular weight excluding hydrogens is 474 g/mol. The number of nitrogens with one attached hydrogen (secondary N) is 4. The van der Waals surface area contributed by atoms with Gasteiger partial charge in [0.15, 0.2) is 23.0 Å². The maximum atomic E-state index is 12.8. The molecule has 3 heterocycles. The Morgan fingerprint density at radius 2 is 1.97 bits per heavy atom. The Labute approximate surface area is 214 Å². The largest absolute Gasteiger partial charge is 0.486 e. The molecule has 37 heavy (non-hydrogen) atoms. The van der Waals surface area contributed by atoms with Crippen LogP contribution in [0, 0.1) is 0 Å². The summed E-state index contributed by atoms with van der Waals surface area (Å²) >= 11 is 0. The molecule has 1 saturated heterocycles. The van der Waals surface area contributed by atoms with E-state index in [0.717, 1.165) is 37.1 Å². The lowest BCUT2D eigenvalue weighted by Gasteiger charge is -2.23. The smallest absolute Gasteiger partial charge is 0.319 e. The van der Waals surface area contributed by atoms with Crippen LogP contribution in [0.15, 0.2) is 48.7 Å². The summed E-state index contributed by atoms with van der Waals surface area (Å²) in [6.45, 7) is 2.94. The van der Waals surface area contributed by atoms with Crippen molar-refractivity contribution in [2.24, 2.45) is 0 Å². The van der Waals surface area contributed by atoms with Crippen LogP contribution < -0.4 is 36.5 Å². The van der Waals surface area contributed by atoms with E-state index in [4.69, 9.17) is 15.2 Å². The highest BCUT2D eigenvalue weighted by Crippen LogP contribution is 2.32. The van der Waals surface area contributed by atoms with Crippen LogP contribution in [0.5, 0.6) is 11.5 Å². The summed E-state index contributed by atoms with van der Waals surface area (Å²) in [6.07, 6.45) is 3.44. The standard InChI is InChI=1S/C26H29N7O4/c27-24-23(25(34)31-19-5-2-8-28-14-19)33-20(15-29-24)17-4-1-3-16(11-17)13-30-26(35)32-18-6-7-21-22(12-18)37-10-9-36-21/h1,3-4,6-7,11-12,15,19,28H,2,5,8-10,13-14H2,(H2,27,29)(H,31,34)(H2,30,32,35). The highest BCUT2D eigenvalue weighted by atomic mass is 16.6. The molecule has 192 valence electrons. The van der Waals surface area contributed by atoms with E-state index in [1.54, 1.807) is 18.2 Å². The molecule has 0 aliphatic carbocycles. The van der Waals surface area contributed by atoms with E-state index < -0.39 is 0 Å². The molecule has 11 heteroatoms. The lowest BCUT2D eigenvalue weighted by molar-refractivity contribution is 0.0926. The van der Waals surface area contributed by atoms with E-state index in [0.29, 0.717) is 36.1 Å². The maximum Gasteiger partial charge on any atom is 0.319 e. The van der Waals surface area contributed by atoms with Crippen LogP contribution in [0.4, 0.5) is 16.3 Å². The Bertz CT molecular complexity index is 1290. The number of anilines is 2. The van der Waals surface area contributed by atoms with Gasteiger partial charge in [-0.05, 0) is 43.1 Å². The summed E-state index contributed by atoms with van der Waals surface area (Å²) < 4.78 is 11.1. The third kappa shape index (κ3) is 6.07. The second kappa shape index (κ2) is 11.1. The van der Waals surface area contributed by atoms with Crippen molar-refractivity contribution >= 4 is 23.4 Å². The Morgan fingerprint density at radius 1 is 1.11 bits per heavy atom. The number of piperidine rings is 1. The number of nitrogens with two attached hydrogens (primary N) is 1.